The van der Waals surface area contributed by atoms with Crippen molar-refractivity contribution < 1.29 is 13.9 Å². The number of phenolic OH excluding ortho intramolecular Hbond substituents is 1. The maximum Gasteiger partial charge on any atom is 0.267 e. The van der Waals surface area contributed by atoms with E-state index >= 15 is 0 Å². The Kier molecular flexibility index (Phi) is 3.32. The summed E-state index contributed by atoms with van der Waals surface area (Å²) in [5, 5.41) is 9.92. The van der Waals surface area contributed by atoms with Gasteiger partial charge in [-0.3, -0.25) is 0 Å². The third kappa shape index (κ3) is 2.64. The highest BCUT2D eigenvalue weighted by Crippen LogP contribution is 2.41. The lowest BCUT2D eigenvalue weighted by Crippen LogP contribution is -2.24. The normalized spacial score (nSPS) is 17.5. The first-order chi connectivity index (χ1) is 8.32. The maximum atomic E-state index is 12.9. The van der Waals surface area contributed by atoms with E-state index in [1.807, 2.05) is 13.8 Å². The Balaban J connectivity index is 2.42. The second kappa shape index (κ2) is 4.50. The van der Waals surface area contributed by atoms with Gasteiger partial charge in [0, 0.05) is 5.54 Å². The molecule has 100 valence electrons. The molecular weight excluding hydrogens is 236 g/mol. The predicted molar refractivity (Wildman–Crippen MR) is 67.0 cm³/mol. The topological polar surface area (TPSA) is 46.2 Å². The zero-order chi connectivity index (χ0) is 13.5. The van der Waals surface area contributed by atoms with Crippen LogP contribution in [0, 0.1) is 0 Å². The largest absolute Gasteiger partial charge is 0.507 e. The van der Waals surface area contributed by atoms with Gasteiger partial charge < -0.3 is 10.8 Å². The fourth-order valence-corrected chi connectivity index (χ4v) is 2.10. The molecule has 18 heavy (non-hydrogen) atoms. The first-order valence-corrected chi connectivity index (χ1v) is 6.25. The van der Waals surface area contributed by atoms with Crippen LogP contribution >= 0.6 is 0 Å². The van der Waals surface area contributed by atoms with Crippen molar-refractivity contribution >= 4 is 0 Å². The monoisotopic (exact) mass is 255 g/mol. The van der Waals surface area contributed by atoms with Crippen molar-refractivity contribution in [3.63, 3.8) is 0 Å². The van der Waals surface area contributed by atoms with Crippen LogP contribution < -0.4 is 5.73 Å². The van der Waals surface area contributed by atoms with Crippen molar-refractivity contribution in [3.8, 4) is 5.75 Å². The SMILES string of the molecule is CC(C)c1cc(CC2(N)CC2)c(O)c(C(F)F)c1. The summed E-state index contributed by atoms with van der Waals surface area (Å²) in [7, 11) is 0. The van der Waals surface area contributed by atoms with Gasteiger partial charge >= 0.3 is 0 Å². The van der Waals surface area contributed by atoms with E-state index in [0.717, 1.165) is 18.4 Å². The number of aromatic hydroxyl groups is 1. The lowest BCUT2D eigenvalue weighted by molar-refractivity contribution is 0.147. The van der Waals surface area contributed by atoms with Crippen molar-refractivity contribution in [1.82, 2.24) is 0 Å². The Bertz CT molecular complexity index is 453. The van der Waals surface area contributed by atoms with Crippen molar-refractivity contribution in [3.05, 3.63) is 28.8 Å². The van der Waals surface area contributed by atoms with Crippen molar-refractivity contribution in [1.29, 1.82) is 0 Å². The maximum absolute atomic E-state index is 12.9. The minimum Gasteiger partial charge on any atom is -0.507 e. The minimum atomic E-state index is -2.66. The molecule has 0 aromatic heterocycles. The number of benzene rings is 1. The van der Waals surface area contributed by atoms with Crippen LogP contribution in [0.2, 0.25) is 0 Å². The molecule has 0 spiro atoms. The predicted octanol–water partition coefficient (Wildman–Crippen LogP) is 3.49. The molecule has 0 amide bonds. The molecular formula is C14H19F2NO. The summed E-state index contributed by atoms with van der Waals surface area (Å²) < 4.78 is 25.8. The molecule has 0 heterocycles. The number of nitrogens with two attached hydrogens (primary N) is 1. The van der Waals surface area contributed by atoms with Crippen LogP contribution in [-0.2, 0) is 6.42 Å². The molecule has 0 atom stereocenters. The van der Waals surface area contributed by atoms with Crippen LogP contribution in [0.1, 0.15) is 55.7 Å². The van der Waals surface area contributed by atoms with E-state index in [0.29, 0.717) is 12.0 Å². The molecule has 0 bridgehead atoms. The summed E-state index contributed by atoms with van der Waals surface area (Å²) in [4.78, 5) is 0. The minimum absolute atomic E-state index is 0.148. The average molecular weight is 255 g/mol. The second-order valence-electron chi connectivity index (χ2n) is 5.61. The summed E-state index contributed by atoms with van der Waals surface area (Å²) in [5.41, 5.74) is 6.80. The molecule has 3 N–H and O–H groups in total. The van der Waals surface area contributed by atoms with Crippen LogP contribution in [0.15, 0.2) is 12.1 Å². The van der Waals surface area contributed by atoms with Gasteiger partial charge in [-0.25, -0.2) is 8.78 Å². The van der Waals surface area contributed by atoms with Gasteiger partial charge in [0.15, 0.2) is 0 Å². The van der Waals surface area contributed by atoms with Gasteiger partial charge in [0.1, 0.15) is 5.75 Å². The van der Waals surface area contributed by atoms with Crippen LogP contribution in [0.3, 0.4) is 0 Å². The Morgan fingerprint density at radius 3 is 2.39 bits per heavy atom. The lowest BCUT2D eigenvalue weighted by Gasteiger charge is -2.17. The fourth-order valence-electron chi connectivity index (χ4n) is 2.10. The van der Waals surface area contributed by atoms with E-state index in [9.17, 15) is 13.9 Å². The molecule has 2 nitrogen and oxygen atoms in total. The third-order valence-corrected chi connectivity index (χ3v) is 3.58. The highest BCUT2D eigenvalue weighted by Gasteiger charge is 2.39. The smallest absolute Gasteiger partial charge is 0.267 e. The molecule has 2 rings (SSSR count). The Morgan fingerprint density at radius 2 is 1.94 bits per heavy atom. The van der Waals surface area contributed by atoms with E-state index < -0.39 is 6.43 Å². The second-order valence-corrected chi connectivity index (χ2v) is 5.61. The first kappa shape index (κ1) is 13.3. The summed E-state index contributed by atoms with van der Waals surface area (Å²) >= 11 is 0. The van der Waals surface area contributed by atoms with Crippen molar-refractivity contribution in [2.24, 2.45) is 5.73 Å². The molecule has 1 aliphatic rings. The van der Waals surface area contributed by atoms with Crippen molar-refractivity contribution in [2.45, 2.75) is 51.0 Å². The average Bonchev–Trinajstić information content (AvgIpc) is 2.98. The zero-order valence-corrected chi connectivity index (χ0v) is 10.7. The highest BCUT2D eigenvalue weighted by atomic mass is 19.3. The number of hydrogen-bond donors (Lipinski definition) is 2. The quantitative estimate of drug-likeness (QED) is 0.865. The summed E-state index contributed by atoms with van der Waals surface area (Å²) in [6.45, 7) is 3.89. The molecule has 1 aromatic rings. The Morgan fingerprint density at radius 1 is 1.33 bits per heavy atom. The lowest BCUT2D eigenvalue weighted by atomic mass is 9.93. The Labute approximate surface area is 106 Å². The highest BCUT2D eigenvalue weighted by molar-refractivity contribution is 5.46. The van der Waals surface area contributed by atoms with Gasteiger partial charge in [-0.2, -0.15) is 0 Å². The molecule has 0 aliphatic heterocycles. The van der Waals surface area contributed by atoms with Crippen LogP contribution in [0.25, 0.3) is 0 Å². The number of hydrogen-bond acceptors (Lipinski definition) is 2. The molecule has 1 aliphatic carbocycles. The van der Waals surface area contributed by atoms with Gasteiger partial charge in [-0.1, -0.05) is 19.9 Å². The van der Waals surface area contributed by atoms with E-state index in [2.05, 4.69) is 0 Å². The van der Waals surface area contributed by atoms with Crippen LogP contribution in [0.4, 0.5) is 8.78 Å². The number of alkyl halides is 2. The van der Waals surface area contributed by atoms with E-state index in [1.165, 1.54) is 6.07 Å². The van der Waals surface area contributed by atoms with Gasteiger partial charge in [0.2, 0.25) is 0 Å². The van der Waals surface area contributed by atoms with Gasteiger partial charge in [0.25, 0.3) is 6.43 Å². The molecule has 4 heteroatoms. The molecule has 0 radical (unpaired) electrons. The van der Waals surface area contributed by atoms with E-state index in [1.54, 1.807) is 6.07 Å². The van der Waals surface area contributed by atoms with Crippen LogP contribution in [0.5, 0.6) is 5.75 Å². The fraction of sp³-hybridized carbons (Fsp3) is 0.571. The van der Waals surface area contributed by atoms with Gasteiger partial charge in [-0.05, 0) is 42.4 Å². The molecule has 0 saturated heterocycles. The number of halogens is 2. The summed E-state index contributed by atoms with van der Waals surface area (Å²) in [6, 6.07) is 3.20. The van der Waals surface area contributed by atoms with E-state index in [-0.39, 0.29) is 22.8 Å². The summed E-state index contributed by atoms with van der Waals surface area (Å²) in [6.07, 6.45) is -0.403. The first-order valence-electron chi connectivity index (χ1n) is 6.25. The Hall–Kier alpha value is -1.16. The van der Waals surface area contributed by atoms with Crippen LogP contribution in [-0.4, -0.2) is 10.6 Å². The standard InChI is InChI=1S/C14H19F2NO/c1-8(2)9-5-10(7-14(17)3-4-14)12(18)11(6-9)13(15)16/h5-6,8,13,18H,3-4,7,17H2,1-2H3. The molecule has 1 saturated carbocycles. The van der Waals surface area contributed by atoms with Crippen molar-refractivity contribution in [2.75, 3.05) is 0 Å². The van der Waals surface area contributed by atoms with Gasteiger partial charge in [-0.15, -0.1) is 0 Å². The molecule has 0 unspecified atom stereocenters. The zero-order valence-electron chi connectivity index (χ0n) is 10.7. The third-order valence-electron chi connectivity index (χ3n) is 3.58. The number of rotatable bonds is 4. The molecule has 1 aromatic carbocycles. The van der Waals surface area contributed by atoms with Gasteiger partial charge in [0.05, 0.1) is 5.56 Å². The van der Waals surface area contributed by atoms with E-state index in [4.69, 9.17) is 5.73 Å². The number of phenols is 1. The summed E-state index contributed by atoms with van der Waals surface area (Å²) in [5.74, 6) is -0.138. The molecule has 1 fully saturated rings.